The predicted octanol–water partition coefficient (Wildman–Crippen LogP) is 4.35. The van der Waals surface area contributed by atoms with Crippen molar-refractivity contribution in [2.24, 2.45) is 0 Å². The lowest BCUT2D eigenvalue weighted by molar-refractivity contribution is -0.120. The average molecular weight is 324 g/mol. The second-order valence-corrected chi connectivity index (χ2v) is 7.97. The quantitative estimate of drug-likeness (QED) is 0.569. The molecule has 2 nitrogen and oxygen atoms in total. The summed E-state index contributed by atoms with van der Waals surface area (Å²) in [6.45, 7) is 0.815. The number of benzene rings is 1. The molecule has 21 heavy (non-hydrogen) atoms. The molecule has 1 amide bonds. The van der Waals surface area contributed by atoms with Gasteiger partial charge in [0, 0.05) is 34.6 Å². The second-order valence-electron chi connectivity index (χ2n) is 5.39. The zero-order valence-corrected chi connectivity index (χ0v) is 14.2. The Morgan fingerprint density at radius 2 is 1.86 bits per heavy atom. The molecule has 1 aliphatic rings. The third-order valence-electron chi connectivity index (χ3n) is 3.67. The molecule has 0 heterocycles. The predicted molar refractivity (Wildman–Crippen MR) is 94.1 cm³/mol. The average Bonchev–Trinajstić information content (AvgIpc) is 2.54. The summed E-state index contributed by atoms with van der Waals surface area (Å²) in [4.78, 5) is 13.0. The Balaban J connectivity index is 1.47. The van der Waals surface area contributed by atoms with E-state index in [9.17, 15) is 4.79 Å². The molecule has 0 spiro atoms. The van der Waals surface area contributed by atoms with Gasteiger partial charge in [0.1, 0.15) is 0 Å². The van der Waals surface area contributed by atoms with Crippen molar-refractivity contribution in [3.63, 3.8) is 0 Å². The zero-order valence-electron chi connectivity index (χ0n) is 12.6. The van der Waals surface area contributed by atoms with Crippen LogP contribution in [0.5, 0.6) is 0 Å². The smallest absolute Gasteiger partial charge is 0.220 e. The summed E-state index contributed by atoms with van der Waals surface area (Å²) in [6.07, 6.45) is 7.53. The van der Waals surface area contributed by atoms with E-state index in [0.717, 1.165) is 23.3 Å². The monoisotopic (exact) mass is 323 g/mol. The number of hydrogen-bond donors (Lipinski definition) is 1. The zero-order chi connectivity index (χ0) is 14.8. The summed E-state index contributed by atoms with van der Waals surface area (Å²) in [5.74, 6) is 2.09. The summed E-state index contributed by atoms with van der Waals surface area (Å²) in [6, 6.07) is 10.3. The topological polar surface area (TPSA) is 29.1 Å². The number of nitrogens with one attached hydrogen (secondary N) is 1. The van der Waals surface area contributed by atoms with E-state index in [1.807, 2.05) is 30.0 Å². The van der Waals surface area contributed by atoms with Gasteiger partial charge < -0.3 is 5.32 Å². The highest BCUT2D eigenvalue weighted by molar-refractivity contribution is 8.00. The van der Waals surface area contributed by atoms with Gasteiger partial charge in [-0.25, -0.2) is 0 Å². The van der Waals surface area contributed by atoms with Crippen molar-refractivity contribution >= 4 is 29.4 Å². The highest BCUT2D eigenvalue weighted by Gasteiger charge is 2.13. The van der Waals surface area contributed by atoms with Crippen LogP contribution in [0.15, 0.2) is 35.2 Å². The van der Waals surface area contributed by atoms with Crippen molar-refractivity contribution in [3.8, 4) is 0 Å². The van der Waals surface area contributed by atoms with E-state index in [0.29, 0.717) is 6.42 Å². The van der Waals surface area contributed by atoms with Gasteiger partial charge in [0.2, 0.25) is 5.91 Å². The van der Waals surface area contributed by atoms with Gasteiger partial charge in [-0.1, -0.05) is 37.5 Å². The fourth-order valence-corrected chi connectivity index (χ4v) is 4.61. The van der Waals surface area contributed by atoms with Gasteiger partial charge in [-0.05, 0) is 25.0 Å². The SMILES string of the molecule is O=C(CCSc1ccccc1)NCCSC1CCCCC1. The molecule has 2 rings (SSSR count). The molecule has 1 aliphatic carbocycles. The molecule has 1 saturated carbocycles. The third kappa shape index (κ3) is 7.28. The van der Waals surface area contributed by atoms with E-state index in [1.165, 1.54) is 37.0 Å². The van der Waals surface area contributed by atoms with Gasteiger partial charge in [0.15, 0.2) is 0 Å². The fourth-order valence-electron chi connectivity index (χ4n) is 2.51. The van der Waals surface area contributed by atoms with E-state index in [1.54, 1.807) is 11.8 Å². The van der Waals surface area contributed by atoms with Crippen LogP contribution in [-0.4, -0.2) is 29.2 Å². The van der Waals surface area contributed by atoms with E-state index in [2.05, 4.69) is 17.4 Å². The first-order valence-corrected chi connectivity index (χ1v) is 9.94. The molecule has 1 N–H and O–H groups in total. The molecule has 116 valence electrons. The number of rotatable bonds is 8. The standard InChI is InChI=1S/C17H25NOS2/c19-17(11-13-20-15-7-3-1-4-8-15)18-12-14-21-16-9-5-2-6-10-16/h1,3-4,7-8,16H,2,5-6,9-14H2,(H,18,19). The minimum atomic E-state index is 0.183. The Morgan fingerprint density at radius 3 is 2.62 bits per heavy atom. The van der Waals surface area contributed by atoms with Crippen molar-refractivity contribution in [2.75, 3.05) is 18.1 Å². The number of carbonyl (C=O) groups excluding carboxylic acids is 1. The molecule has 0 radical (unpaired) electrons. The Hall–Kier alpha value is -0.610. The van der Waals surface area contributed by atoms with Crippen molar-refractivity contribution in [3.05, 3.63) is 30.3 Å². The Morgan fingerprint density at radius 1 is 1.10 bits per heavy atom. The number of thioether (sulfide) groups is 2. The first kappa shape index (κ1) is 16.8. The molecule has 4 heteroatoms. The Labute approximate surface area is 136 Å². The van der Waals surface area contributed by atoms with E-state index in [-0.39, 0.29) is 5.91 Å². The number of hydrogen-bond acceptors (Lipinski definition) is 3. The lowest BCUT2D eigenvalue weighted by Gasteiger charge is -2.20. The summed E-state index contributed by atoms with van der Waals surface area (Å²) in [5.41, 5.74) is 0. The Bertz CT molecular complexity index is 405. The molecule has 0 unspecified atom stereocenters. The maximum absolute atomic E-state index is 11.8. The van der Waals surface area contributed by atoms with Crippen LogP contribution in [0, 0.1) is 0 Å². The van der Waals surface area contributed by atoms with Crippen molar-refractivity contribution < 1.29 is 4.79 Å². The van der Waals surface area contributed by atoms with Crippen LogP contribution in [0.4, 0.5) is 0 Å². The van der Waals surface area contributed by atoms with Crippen LogP contribution in [0.3, 0.4) is 0 Å². The van der Waals surface area contributed by atoms with Crippen LogP contribution in [0.25, 0.3) is 0 Å². The fraction of sp³-hybridized carbons (Fsp3) is 0.588. The van der Waals surface area contributed by atoms with E-state index < -0.39 is 0 Å². The molecule has 0 bridgehead atoms. The minimum Gasteiger partial charge on any atom is -0.355 e. The van der Waals surface area contributed by atoms with Gasteiger partial charge in [-0.15, -0.1) is 11.8 Å². The second kappa shape index (κ2) is 10.2. The lowest BCUT2D eigenvalue weighted by Crippen LogP contribution is -2.26. The first-order chi connectivity index (χ1) is 10.3. The highest BCUT2D eigenvalue weighted by Crippen LogP contribution is 2.27. The van der Waals surface area contributed by atoms with E-state index >= 15 is 0 Å². The molecule has 0 atom stereocenters. The Kier molecular flexibility index (Phi) is 8.12. The summed E-state index contributed by atoms with van der Waals surface area (Å²) in [7, 11) is 0. The maximum atomic E-state index is 11.8. The minimum absolute atomic E-state index is 0.183. The molecular formula is C17H25NOS2. The van der Waals surface area contributed by atoms with Gasteiger partial charge >= 0.3 is 0 Å². The third-order valence-corrected chi connectivity index (χ3v) is 6.07. The van der Waals surface area contributed by atoms with Gasteiger partial charge in [0.05, 0.1) is 0 Å². The van der Waals surface area contributed by atoms with Crippen LogP contribution in [0.2, 0.25) is 0 Å². The molecule has 0 saturated heterocycles. The lowest BCUT2D eigenvalue weighted by atomic mass is 10.0. The number of amides is 1. The van der Waals surface area contributed by atoms with Crippen molar-refractivity contribution in [1.82, 2.24) is 5.32 Å². The molecule has 1 fully saturated rings. The molecule has 0 aliphatic heterocycles. The van der Waals surface area contributed by atoms with Gasteiger partial charge in [-0.2, -0.15) is 11.8 Å². The molecule has 1 aromatic rings. The molecule has 1 aromatic carbocycles. The first-order valence-electron chi connectivity index (χ1n) is 7.91. The van der Waals surface area contributed by atoms with Crippen LogP contribution in [-0.2, 0) is 4.79 Å². The number of carbonyl (C=O) groups is 1. The molecule has 0 aromatic heterocycles. The summed E-state index contributed by atoms with van der Waals surface area (Å²) >= 11 is 3.78. The highest BCUT2D eigenvalue weighted by atomic mass is 32.2. The largest absolute Gasteiger partial charge is 0.355 e. The van der Waals surface area contributed by atoms with Crippen LogP contribution in [0.1, 0.15) is 38.5 Å². The van der Waals surface area contributed by atoms with Crippen molar-refractivity contribution in [2.45, 2.75) is 48.7 Å². The summed E-state index contributed by atoms with van der Waals surface area (Å²) < 4.78 is 0. The van der Waals surface area contributed by atoms with Crippen LogP contribution >= 0.6 is 23.5 Å². The van der Waals surface area contributed by atoms with Gasteiger partial charge in [-0.3, -0.25) is 4.79 Å². The van der Waals surface area contributed by atoms with Gasteiger partial charge in [0.25, 0.3) is 0 Å². The normalized spacial score (nSPS) is 15.8. The maximum Gasteiger partial charge on any atom is 0.220 e. The summed E-state index contributed by atoms with van der Waals surface area (Å²) in [5, 5.41) is 3.87. The van der Waals surface area contributed by atoms with E-state index in [4.69, 9.17) is 0 Å². The molecular weight excluding hydrogens is 298 g/mol. The van der Waals surface area contributed by atoms with Crippen LogP contribution < -0.4 is 5.32 Å². The van der Waals surface area contributed by atoms with Crippen molar-refractivity contribution in [1.29, 1.82) is 0 Å².